The van der Waals surface area contributed by atoms with Gasteiger partial charge < -0.3 is 10.1 Å². The Bertz CT molecular complexity index is 1010. The summed E-state index contributed by atoms with van der Waals surface area (Å²) in [4.78, 5) is 22.1. The number of aromatic amines is 1. The fourth-order valence-electron chi connectivity index (χ4n) is 4.15. The summed E-state index contributed by atoms with van der Waals surface area (Å²) >= 11 is 0. The summed E-state index contributed by atoms with van der Waals surface area (Å²) in [6.07, 6.45) is 2.15. The molecule has 2 N–H and O–H groups in total. The molecule has 1 fully saturated rings. The van der Waals surface area contributed by atoms with E-state index in [2.05, 4.69) is 33.9 Å². The number of aliphatic hydroxyl groups is 1. The number of aliphatic hydroxyl groups excluding tert-OH is 1. The maximum absolute atomic E-state index is 12.6. The van der Waals surface area contributed by atoms with Gasteiger partial charge in [-0.3, -0.25) is 14.7 Å². The van der Waals surface area contributed by atoms with Gasteiger partial charge in [0.05, 0.1) is 11.6 Å². The van der Waals surface area contributed by atoms with E-state index in [-0.39, 0.29) is 11.5 Å². The molecule has 0 saturated carbocycles. The van der Waals surface area contributed by atoms with Crippen molar-refractivity contribution in [1.29, 1.82) is 0 Å². The lowest BCUT2D eigenvalue weighted by atomic mass is 10.00. The molecule has 2 atom stereocenters. The molecule has 4 rings (SSSR count). The van der Waals surface area contributed by atoms with E-state index in [0.717, 1.165) is 40.7 Å². The Hall–Kier alpha value is -2.50. The highest BCUT2D eigenvalue weighted by Gasteiger charge is 2.31. The summed E-state index contributed by atoms with van der Waals surface area (Å²) in [5, 5.41) is 11.5. The van der Waals surface area contributed by atoms with Crippen molar-refractivity contribution in [2.75, 3.05) is 13.1 Å². The number of fused-ring (bicyclic) bond motifs is 1. The van der Waals surface area contributed by atoms with E-state index < -0.39 is 6.10 Å². The van der Waals surface area contributed by atoms with E-state index in [1.54, 1.807) is 6.20 Å². The van der Waals surface area contributed by atoms with Gasteiger partial charge in [0.15, 0.2) is 0 Å². The largest absolute Gasteiger partial charge is 0.391 e. The number of H-pyrrole nitrogens is 1. The first kappa shape index (κ1) is 17.9. The van der Waals surface area contributed by atoms with Crippen LogP contribution < -0.4 is 5.56 Å². The lowest BCUT2D eigenvalue weighted by Crippen LogP contribution is -2.26. The van der Waals surface area contributed by atoms with Gasteiger partial charge in [0.1, 0.15) is 0 Å². The van der Waals surface area contributed by atoms with E-state index in [0.29, 0.717) is 13.1 Å². The van der Waals surface area contributed by atoms with E-state index in [1.807, 2.05) is 31.2 Å². The van der Waals surface area contributed by atoms with Crippen molar-refractivity contribution in [1.82, 2.24) is 14.9 Å². The number of β-amino-alcohol motifs (C(OH)–C–C–N with tert-alkyl or cyclic N) is 1. The van der Waals surface area contributed by atoms with Crippen molar-refractivity contribution in [2.24, 2.45) is 5.92 Å². The zero-order valence-corrected chi connectivity index (χ0v) is 15.8. The van der Waals surface area contributed by atoms with Crippen molar-refractivity contribution in [3.63, 3.8) is 0 Å². The van der Waals surface area contributed by atoms with Gasteiger partial charge >= 0.3 is 0 Å². The molecule has 0 radical (unpaired) electrons. The molecule has 1 aliphatic rings. The van der Waals surface area contributed by atoms with Crippen LogP contribution in [0.1, 0.15) is 22.4 Å². The molecule has 0 amide bonds. The van der Waals surface area contributed by atoms with Crippen molar-refractivity contribution in [3.05, 3.63) is 75.3 Å². The molecule has 1 saturated heterocycles. The summed E-state index contributed by atoms with van der Waals surface area (Å²) in [6.45, 7) is 5.98. The smallest absolute Gasteiger partial charge is 0.252 e. The van der Waals surface area contributed by atoms with E-state index in [1.165, 1.54) is 5.56 Å². The minimum absolute atomic E-state index is 0.0443. The van der Waals surface area contributed by atoms with Crippen LogP contribution in [0.4, 0.5) is 0 Å². The number of pyridine rings is 2. The summed E-state index contributed by atoms with van der Waals surface area (Å²) < 4.78 is 0. The van der Waals surface area contributed by atoms with Gasteiger partial charge in [-0.15, -0.1) is 0 Å². The summed E-state index contributed by atoms with van der Waals surface area (Å²) in [6, 6.07) is 12.0. The van der Waals surface area contributed by atoms with Crippen molar-refractivity contribution in [3.8, 4) is 0 Å². The highest BCUT2D eigenvalue weighted by molar-refractivity contribution is 5.82. The average molecular weight is 363 g/mol. The molecule has 5 heteroatoms. The molecular weight excluding hydrogens is 338 g/mol. The maximum atomic E-state index is 12.6. The molecule has 5 nitrogen and oxygen atoms in total. The van der Waals surface area contributed by atoms with Gasteiger partial charge in [0.2, 0.25) is 0 Å². The zero-order chi connectivity index (χ0) is 19.0. The minimum Gasteiger partial charge on any atom is -0.391 e. The minimum atomic E-state index is -0.393. The topological polar surface area (TPSA) is 69.2 Å². The molecule has 0 bridgehead atoms. The van der Waals surface area contributed by atoms with Crippen LogP contribution in [0.5, 0.6) is 0 Å². The predicted octanol–water partition coefficient (Wildman–Crippen LogP) is 2.58. The fraction of sp³-hybridized carbons (Fsp3) is 0.364. The average Bonchev–Trinajstić information content (AvgIpc) is 2.96. The molecule has 0 spiro atoms. The molecule has 0 unspecified atom stereocenters. The number of benzene rings is 1. The molecule has 3 heterocycles. The Morgan fingerprint density at radius 2 is 2.07 bits per heavy atom. The van der Waals surface area contributed by atoms with Crippen LogP contribution in [0.25, 0.3) is 10.9 Å². The molecular formula is C22H25N3O2. The summed E-state index contributed by atoms with van der Waals surface area (Å²) in [7, 11) is 0. The first-order valence-electron chi connectivity index (χ1n) is 9.43. The Kier molecular flexibility index (Phi) is 4.81. The molecule has 140 valence electrons. The number of rotatable bonds is 4. The van der Waals surface area contributed by atoms with Crippen LogP contribution in [0.15, 0.2) is 47.4 Å². The van der Waals surface area contributed by atoms with Crippen molar-refractivity contribution < 1.29 is 5.11 Å². The number of likely N-dealkylation sites (tertiary alicyclic amines) is 1. The third kappa shape index (κ3) is 3.80. The van der Waals surface area contributed by atoms with Crippen LogP contribution in [0, 0.1) is 19.8 Å². The van der Waals surface area contributed by atoms with Gasteiger partial charge in [-0.1, -0.05) is 17.7 Å². The number of hydrogen-bond donors (Lipinski definition) is 2. The van der Waals surface area contributed by atoms with Crippen LogP contribution in [0.3, 0.4) is 0 Å². The number of hydrogen-bond acceptors (Lipinski definition) is 4. The third-order valence-electron chi connectivity index (χ3n) is 5.44. The first-order chi connectivity index (χ1) is 13.0. The van der Waals surface area contributed by atoms with Gasteiger partial charge in [-0.05, 0) is 55.5 Å². The van der Waals surface area contributed by atoms with E-state index >= 15 is 0 Å². The quantitative estimate of drug-likeness (QED) is 0.748. The lowest BCUT2D eigenvalue weighted by molar-refractivity contribution is 0.140. The molecule has 1 aliphatic heterocycles. The third-order valence-corrected chi connectivity index (χ3v) is 5.44. The fourth-order valence-corrected chi connectivity index (χ4v) is 4.15. The zero-order valence-electron chi connectivity index (χ0n) is 15.8. The highest BCUT2D eigenvalue weighted by Crippen LogP contribution is 2.23. The number of nitrogens with one attached hydrogen (secondary N) is 1. The van der Waals surface area contributed by atoms with Gasteiger partial charge in [0.25, 0.3) is 5.56 Å². The standard InChI is InChI=1S/C22H25N3O2/c1-14-7-15(2)21-16(8-14)9-18(22(27)24-21)12-25-11-17(20(26)13-25)10-19-5-3-4-6-23-19/h3-9,17,20,26H,10-13H2,1-2H3,(H,24,27)/t17-,20-/m1/s1. The van der Waals surface area contributed by atoms with Crippen LogP contribution in [-0.4, -0.2) is 39.2 Å². The monoisotopic (exact) mass is 363 g/mol. The van der Waals surface area contributed by atoms with Crippen LogP contribution >= 0.6 is 0 Å². The van der Waals surface area contributed by atoms with E-state index in [4.69, 9.17) is 0 Å². The second-order valence-corrected chi connectivity index (χ2v) is 7.72. The second-order valence-electron chi connectivity index (χ2n) is 7.72. The lowest BCUT2D eigenvalue weighted by Gasteiger charge is -2.16. The second kappa shape index (κ2) is 7.25. The molecule has 27 heavy (non-hydrogen) atoms. The Balaban J connectivity index is 1.52. The predicted molar refractivity (Wildman–Crippen MR) is 107 cm³/mol. The van der Waals surface area contributed by atoms with E-state index in [9.17, 15) is 9.90 Å². The van der Waals surface area contributed by atoms with Crippen molar-refractivity contribution >= 4 is 10.9 Å². The van der Waals surface area contributed by atoms with Crippen LogP contribution in [0.2, 0.25) is 0 Å². The Morgan fingerprint density at radius 3 is 2.85 bits per heavy atom. The molecule has 2 aromatic heterocycles. The van der Waals surface area contributed by atoms with Gasteiger partial charge in [0, 0.05) is 43.0 Å². The number of aromatic nitrogens is 2. The number of nitrogens with zero attached hydrogens (tertiary/aromatic N) is 2. The van der Waals surface area contributed by atoms with Gasteiger partial charge in [-0.25, -0.2) is 0 Å². The van der Waals surface area contributed by atoms with Gasteiger partial charge in [-0.2, -0.15) is 0 Å². The number of aryl methyl sites for hydroxylation is 2. The maximum Gasteiger partial charge on any atom is 0.252 e. The summed E-state index contributed by atoms with van der Waals surface area (Å²) in [5.41, 5.74) is 4.88. The highest BCUT2D eigenvalue weighted by atomic mass is 16.3. The molecule has 0 aliphatic carbocycles. The summed E-state index contributed by atoms with van der Waals surface area (Å²) in [5.74, 6) is 0.143. The molecule has 3 aromatic rings. The van der Waals surface area contributed by atoms with Crippen LogP contribution in [-0.2, 0) is 13.0 Å². The Morgan fingerprint density at radius 1 is 1.22 bits per heavy atom. The SMILES string of the molecule is Cc1cc(C)c2[nH]c(=O)c(CN3C[C@@H](Cc4ccccn4)[C@H](O)C3)cc2c1. The first-order valence-corrected chi connectivity index (χ1v) is 9.43. The normalized spacial score (nSPS) is 20.4. The van der Waals surface area contributed by atoms with Crippen molar-refractivity contribution in [2.45, 2.75) is 32.9 Å². The Labute approximate surface area is 158 Å². The molecule has 1 aromatic carbocycles.